The highest BCUT2D eigenvalue weighted by atomic mass is 16.3. The number of aromatic hydroxyl groups is 1. The highest BCUT2D eigenvalue weighted by Crippen LogP contribution is 2.24. The van der Waals surface area contributed by atoms with Crippen molar-refractivity contribution in [2.45, 2.75) is 25.8 Å². The fourth-order valence-corrected chi connectivity index (χ4v) is 1.99. The monoisotopic (exact) mass is 222 g/mol. The lowest BCUT2D eigenvalue weighted by Crippen LogP contribution is -2.26. The zero-order valence-electron chi connectivity index (χ0n) is 10.2. The first-order valence-corrected chi connectivity index (χ1v) is 5.88. The zero-order chi connectivity index (χ0) is 12.0. The zero-order valence-corrected chi connectivity index (χ0v) is 10.2. The van der Waals surface area contributed by atoms with Crippen molar-refractivity contribution in [1.29, 1.82) is 0 Å². The van der Waals surface area contributed by atoms with E-state index in [2.05, 4.69) is 18.9 Å². The van der Waals surface area contributed by atoms with Crippen LogP contribution in [0.15, 0.2) is 24.3 Å². The molecule has 0 aliphatic rings. The maximum atomic E-state index is 9.26. The van der Waals surface area contributed by atoms with Gasteiger partial charge in [-0.2, -0.15) is 0 Å². The first-order chi connectivity index (χ1) is 7.69. The summed E-state index contributed by atoms with van der Waals surface area (Å²) in [4.78, 5) is 2.32. The quantitative estimate of drug-likeness (QED) is 0.775. The summed E-state index contributed by atoms with van der Waals surface area (Å²) in [7, 11) is 2.12. The lowest BCUT2D eigenvalue weighted by atomic mass is 10.0. The number of hydrogen-bond acceptors (Lipinski definition) is 3. The molecule has 0 spiro atoms. The van der Waals surface area contributed by atoms with E-state index in [-0.39, 0.29) is 0 Å². The van der Waals surface area contributed by atoms with Gasteiger partial charge in [0, 0.05) is 6.04 Å². The average molecular weight is 222 g/mol. The van der Waals surface area contributed by atoms with Crippen LogP contribution in [0.1, 0.15) is 31.4 Å². The average Bonchev–Trinajstić information content (AvgIpc) is 2.30. The molecular formula is C13H22N2O. The summed E-state index contributed by atoms with van der Waals surface area (Å²) in [6.07, 6.45) is 2.08. The van der Waals surface area contributed by atoms with E-state index in [1.54, 1.807) is 12.1 Å². The molecule has 3 N–H and O–H groups in total. The Hall–Kier alpha value is -1.06. The molecule has 1 aromatic rings. The van der Waals surface area contributed by atoms with Crippen molar-refractivity contribution >= 4 is 0 Å². The van der Waals surface area contributed by atoms with Crippen molar-refractivity contribution in [3.63, 3.8) is 0 Å². The molecule has 3 heteroatoms. The van der Waals surface area contributed by atoms with Gasteiger partial charge in [0.05, 0.1) is 0 Å². The number of rotatable bonds is 6. The van der Waals surface area contributed by atoms with Crippen LogP contribution in [0, 0.1) is 0 Å². The van der Waals surface area contributed by atoms with E-state index in [0.717, 1.165) is 25.9 Å². The van der Waals surface area contributed by atoms with E-state index in [0.29, 0.717) is 11.8 Å². The van der Waals surface area contributed by atoms with Crippen LogP contribution in [0.2, 0.25) is 0 Å². The Labute approximate surface area is 97.9 Å². The lowest BCUT2D eigenvalue weighted by Gasteiger charge is -2.27. The topological polar surface area (TPSA) is 49.5 Å². The molecule has 0 saturated heterocycles. The predicted octanol–water partition coefficient (Wildman–Crippen LogP) is 2.12. The summed E-state index contributed by atoms with van der Waals surface area (Å²) in [5.41, 5.74) is 6.77. The molecule has 1 rings (SSSR count). The highest BCUT2D eigenvalue weighted by Gasteiger charge is 2.14. The molecule has 0 amide bonds. The summed E-state index contributed by atoms with van der Waals surface area (Å²) >= 11 is 0. The summed E-state index contributed by atoms with van der Waals surface area (Å²) in [5.74, 6) is 0.322. The third kappa shape index (κ3) is 3.51. The van der Waals surface area contributed by atoms with Crippen LogP contribution in [0.5, 0.6) is 5.75 Å². The van der Waals surface area contributed by atoms with Crippen molar-refractivity contribution in [2.75, 3.05) is 20.1 Å². The van der Waals surface area contributed by atoms with Crippen LogP contribution < -0.4 is 5.73 Å². The molecule has 0 aromatic heterocycles. The first-order valence-electron chi connectivity index (χ1n) is 5.88. The molecule has 0 bridgehead atoms. The number of phenolic OH excluding ortho intramolecular Hbond substituents is 1. The lowest BCUT2D eigenvalue weighted by molar-refractivity contribution is 0.237. The van der Waals surface area contributed by atoms with Crippen molar-refractivity contribution < 1.29 is 5.11 Å². The summed E-state index contributed by atoms with van der Waals surface area (Å²) in [6.45, 7) is 3.92. The van der Waals surface area contributed by atoms with Gasteiger partial charge < -0.3 is 10.8 Å². The molecule has 0 aliphatic carbocycles. The molecule has 0 saturated carbocycles. The van der Waals surface area contributed by atoms with Gasteiger partial charge in [-0.3, -0.25) is 4.90 Å². The van der Waals surface area contributed by atoms with E-state index >= 15 is 0 Å². The van der Waals surface area contributed by atoms with Gasteiger partial charge in [-0.05, 0) is 50.7 Å². The SMILES string of the molecule is CCC(c1ccc(O)cc1)N(C)CCCN. The van der Waals surface area contributed by atoms with Crippen LogP contribution in [0.25, 0.3) is 0 Å². The van der Waals surface area contributed by atoms with Crippen molar-refractivity contribution in [3.8, 4) is 5.75 Å². The van der Waals surface area contributed by atoms with Gasteiger partial charge >= 0.3 is 0 Å². The fraction of sp³-hybridized carbons (Fsp3) is 0.538. The maximum absolute atomic E-state index is 9.26. The van der Waals surface area contributed by atoms with E-state index < -0.39 is 0 Å². The summed E-state index contributed by atoms with van der Waals surface area (Å²) in [5, 5.41) is 9.26. The standard InChI is InChI=1S/C13H22N2O/c1-3-13(15(2)10-4-9-14)11-5-7-12(16)8-6-11/h5-8,13,16H,3-4,9-10,14H2,1-2H3. The predicted molar refractivity (Wildman–Crippen MR) is 67.4 cm³/mol. The minimum absolute atomic E-state index is 0.322. The number of phenols is 1. The number of nitrogens with zero attached hydrogens (tertiary/aromatic N) is 1. The van der Waals surface area contributed by atoms with Crippen LogP contribution in [0.4, 0.5) is 0 Å². The Morgan fingerprint density at radius 2 is 1.94 bits per heavy atom. The Balaban J connectivity index is 2.69. The fourth-order valence-electron chi connectivity index (χ4n) is 1.99. The summed E-state index contributed by atoms with van der Waals surface area (Å²) in [6, 6.07) is 7.88. The number of nitrogens with two attached hydrogens (primary N) is 1. The largest absolute Gasteiger partial charge is 0.508 e. The molecular weight excluding hydrogens is 200 g/mol. The molecule has 1 unspecified atom stereocenters. The van der Waals surface area contributed by atoms with Crippen LogP contribution in [0.3, 0.4) is 0 Å². The van der Waals surface area contributed by atoms with E-state index in [1.807, 2.05) is 12.1 Å². The minimum atomic E-state index is 0.322. The van der Waals surface area contributed by atoms with Gasteiger partial charge in [-0.25, -0.2) is 0 Å². The van der Waals surface area contributed by atoms with Gasteiger partial charge in [-0.15, -0.1) is 0 Å². The molecule has 0 heterocycles. The van der Waals surface area contributed by atoms with Gasteiger partial charge in [-0.1, -0.05) is 19.1 Å². The van der Waals surface area contributed by atoms with Gasteiger partial charge in [0.1, 0.15) is 5.75 Å². The summed E-state index contributed by atoms with van der Waals surface area (Å²) < 4.78 is 0. The van der Waals surface area contributed by atoms with Gasteiger partial charge in [0.25, 0.3) is 0 Å². The Kier molecular flexibility index (Phi) is 5.29. The normalized spacial score (nSPS) is 13.0. The Bertz CT molecular complexity index is 297. The third-order valence-corrected chi connectivity index (χ3v) is 2.91. The molecule has 0 fully saturated rings. The van der Waals surface area contributed by atoms with Gasteiger partial charge in [0.15, 0.2) is 0 Å². The van der Waals surface area contributed by atoms with Crippen molar-refractivity contribution in [3.05, 3.63) is 29.8 Å². The highest BCUT2D eigenvalue weighted by molar-refractivity contribution is 5.28. The molecule has 0 aliphatic heterocycles. The van der Waals surface area contributed by atoms with Crippen LogP contribution >= 0.6 is 0 Å². The number of hydrogen-bond donors (Lipinski definition) is 2. The first kappa shape index (κ1) is 13.0. The van der Waals surface area contributed by atoms with E-state index in [1.165, 1.54) is 5.56 Å². The van der Waals surface area contributed by atoms with E-state index in [4.69, 9.17) is 5.73 Å². The smallest absolute Gasteiger partial charge is 0.115 e. The second-order valence-electron chi connectivity index (χ2n) is 4.14. The van der Waals surface area contributed by atoms with Crippen molar-refractivity contribution in [1.82, 2.24) is 4.90 Å². The van der Waals surface area contributed by atoms with Gasteiger partial charge in [0.2, 0.25) is 0 Å². The second kappa shape index (κ2) is 6.51. The number of benzene rings is 1. The maximum Gasteiger partial charge on any atom is 0.115 e. The molecule has 90 valence electrons. The Morgan fingerprint density at radius 1 is 1.31 bits per heavy atom. The molecule has 1 aromatic carbocycles. The molecule has 1 atom stereocenters. The van der Waals surface area contributed by atoms with Crippen molar-refractivity contribution in [2.24, 2.45) is 5.73 Å². The third-order valence-electron chi connectivity index (χ3n) is 2.91. The molecule has 0 radical (unpaired) electrons. The second-order valence-corrected chi connectivity index (χ2v) is 4.14. The molecule has 16 heavy (non-hydrogen) atoms. The van der Waals surface area contributed by atoms with Crippen LogP contribution in [-0.4, -0.2) is 30.1 Å². The Morgan fingerprint density at radius 3 is 2.44 bits per heavy atom. The molecule has 3 nitrogen and oxygen atoms in total. The van der Waals surface area contributed by atoms with Crippen LogP contribution in [-0.2, 0) is 0 Å². The van der Waals surface area contributed by atoms with E-state index in [9.17, 15) is 5.11 Å². The minimum Gasteiger partial charge on any atom is -0.508 e.